The lowest BCUT2D eigenvalue weighted by molar-refractivity contribution is 0.174. The number of rotatable bonds is 3. The van der Waals surface area contributed by atoms with Crippen LogP contribution in [0.25, 0.3) is 0 Å². The van der Waals surface area contributed by atoms with Gasteiger partial charge in [0.2, 0.25) is 6.79 Å². The maximum absolute atomic E-state index is 9.32. The van der Waals surface area contributed by atoms with Gasteiger partial charge in [-0.2, -0.15) is 5.26 Å². The Bertz CT molecular complexity index is 695. The molecule has 4 nitrogen and oxygen atoms in total. The zero-order valence-corrected chi connectivity index (χ0v) is 11.7. The molecule has 1 heterocycles. The SMILES string of the molecule is CSc1cccc(Nc2ccc3c(c2)OCO3)c1C#N. The van der Waals surface area contributed by atoms with Crippen molar-refractivity contribution in [3.63, 3.8) is 0 Å². The van der Waals surface area contributed by atoms with Gasteiger partial charge in [-0.1, -0.05) is 6.07 Å². The summed E-state index contributed by atoms with van der Waals surface area (Å²) in [6.45, 7) is 0.254. The maximum atomic E-state index is 9.32. The van der Waals surface area contributed by atoms with Crippen molar-refractivity contribution < 1.29 is 9.47 Å². The first-order valence-electron chi connectivity index (χ1n) is 6.05. The molecule has 0 atom stereocenters. The molecule has 0 unspecified atom stereocenters. The molecule has 0 aliphatic carbocycles. The molecule has 0 saturated carbocycles. The van der Waals surface area contributed by atoms with Crippen molar-refractivity contribution in [3.05, 3.63) is 42.0 Å². The minimum absolute atomic E-state index is 0.254. The molecule has 0 radical (unpaired) electrons. The monoisotopic (exact) mass is 284 g/mol. The Hall–Kier alpha value is -2.32. The van der Waals surface area contributed by atoms with Crippen molar-refractivity contribution in [2.45, 2.75) is 4.90 Å². The number of hydrogen-bond donors (Lipinski definition) is 1. The van der Waals surface area contributed by atoms with Crippen LogP contribution in [0.15, 0.2) is 41.3 Å². The summed E-state index contributed by atoms with van der Waals surface area (Å²) in [6, 6.07) is 13.6. The molecule has 2 aromatic carbocycles. The normalized spacial score (nSPS) is 12.0. The number of benzene rings is 2. The van der Waals surface area contributed by atoms with Gasteiger partial charge in [0.15, 0.2) is 11.5 Å². The molecule has 0 spiro atoms. The number of hydrogen-bond acceptors (Lipinski definition) is 5. The van der Waals surface area contributed by atoms with Crippen molar-refractivity contribution in [1.82, 2.24) is 0 Å². The summed E-state index contributed by atoms with van der Waals surface area (Å²) < 4.78 is 10.6. The fourth-order valence-electron chi connectivity index (χ4n) is 2.05. The summed E-state index contributed by atoms with van der Waals surface area (Å²) in [6.07, 6.45) is 1.96. The van der Waals surface area contributed by atoms with Crippen LogP contribution in [0.1, 0.15) is 5.56 Å². The molecule has 5 heteroatoms. The average molecular weight is 284 g/mol. The van der Waals surface area contributed by atoms with E-state index in [2.05, 4.69) is 11.4 Å². The van der Waals surface area contributed by atoms with Crippen molar-refractivity contribution in [2.24, 2.45) is 0 Å². The lowest BCUT2D eigenvalue weighted by Gasteiger charge is -2.11. The highest BCUT2D eigenvalue weighted by Gasteiger charge is 2.14. The largest absolute Gasteiger partial charge is 0.454 e. The Morgan fingerprint density at radius 3 is 2.85 bits per heavy atom. The zero-order valence-electron chi connectivity index (χ0n) is 10.8. The predicted octanol–water partition coefficient (Wildman–Crippen LogP) is 3.75. The van der Waals surface area contributed by atoms with Crippen LogP contribution in [0.2, 0.25) is 0 Å². The Morgan fingerprint density at radius 1 is 1.20 bits per heavy atom. The zero-order chi connectivity index (χ0) is 13.9. The van der Waals surface area contributed by atoms with Gasteiger partial charge >= 0.3 is 0 Å². The van der Waals surface area contributed by atoms with Crippen molar-refractivity contribution in [3.8, 4) is 17.6 Å². The standard InChI is InChI=1S/C15H12N2O2S/c1-20-15-4-2-3-12(11(15)8-16)17-10-5-6-13-14(7-10)19-9-18-13/h2-7,17H,9H2,1H3. The Morgan fingerprint density at radius 2 is 2.05 bits per heavy atom. The van der Waals surface area contributed by atoms with E-state index in [1.807, 2.05) is 42.7 Å². The second kappa shape index (κ2) is 5.35. The fourth-order valence-corrected chi connectivity index (χ4v) is 2.62. The van der Waals surface area contributed by atoms with E-state index >= 15 is 0 Å². The van der Waals surface area contributed by atoms with Gasteiger partial charge in [0.05, 0.1) is 11.3 Å². The van der Waals surface area contributed by atoms with Gasteiger partial charge in [0.1, 0.15) is 6.07 Å². The molecule has 0 bridgehead atoms. The molecule has 1 aliphatic rings. The summed E-state index contributed by atoms with van der Waals surface area (Å²) in [5.41, 5.74) is 2.31. The van der Waals surface area contributed by atoms with Gasteiger partial charge in [-0.15, -0.1) is 11.8 Å². The summed E-state index contributed by atoms with van der Waals surface area (Å²) in [7, 11) is 0. The van der Waals surface area contributed by atoms with Crippen LogP contribution in [0.3, 0.4) is 0 Å². The summed E-state index contributed by atoms with van der Waals surface area (Å²) in [4.78, 5) is 0.957. The topological polar surface area (TPSA) is 54.3 Å². The molecule has 3 rings (SSSR count). The highest BCUT2D eigenvalue weighted by molar-refractivity contribution is 7.98. The van der Waals surface area contributed by atoms with Crippen LogP contribution in [0, 0.1) is 11.3 Å². The Balaban J connectivity index is 1.94. The van der Waals surface area contributed by atoms with Gasteiger partial charge in [0, 0.05) is 16.6 Å². The minimum Gasteiger partial charge on any atom is -0.454 e. The second-order valence-electron chi connectivity index (χ2n) is 4.19. The minimum atomic E-state index is 0.254. The number of ether oxygens (including phenoxy) is 2. The quantitative estimate of drug-likeness (QED) is 0.870. The van der Waals surface area contributed by atoms with Gasteiger partial charge < -0.3 is 14.8 Å². The highest BCUT2D eigenvalue weighted by Crippen LogP contribution is 2.36. The molecule has 100 valence electrons. The van der Waals surface area contributed by atoms with E-state index in [4.69, 9.17) is 9.47 Å². The van der Waals surface area contributed by atoms with Crippen molar-refractivity contribution in [1.29, 1.82) is 5.26 Å². The smallest absolute Gasteiger partial charge is 0.231 e. The van der Waals surface area contributed by atoms with Crippen LogP contribution in [-0.4, -0.2) is 13.0 Å². The molecule has 1 aliphatic heterocycles. The van der Waals surface area contributed by atoms with E-state index in [0.717, 1.165) is 27.8 Å². The molecule has 20 heavy (non-hydrogen) atoms. The van der Waals surface area contributed by atoms with Crippen LogP contribution in [-0.2, 0) is 0 Å². The van der Waals surface area contributed by atoms with Crippen LogP contribution >= 0.6 is 11.8 Å². The summed E-state index contributed by atoms with van der Waals surface area (Å²) >= 11 is 1.56. The van der Waals surface area contributed by atoms with Crippen LogP contribution in [0.4, 0.5) is 11.4 Å². The van der Waals surface area contributed by atoms with Crippen molar-refractivity contribution in [2.75, 3.05) is 18.4 Å². The molecule has 2 aromatic rings. The van der Waals surface area contributed by atoms with E-state index in [9.17, 15) is 5.26 Å². The average Bonchev–Trinajstić information content (AvgIpc) is 2.94. The first-order valence-corrected chi connectivity index (χ1v) is 7.28. The summed E-state index contributed by atoms with van der Waals surface area (Å²) in [5, 5.41) is 12.6. The van der Waals surface area contributed by atoms with Crippen LogP contribution < -0.4 is 14.8 Å². The Kier molecular flexibility index (Phi) is 3.40. The number of nitrogens with zero attached hydrogens (tertiary/aromatic N) is 1. The number of nitrogens with one attached hydrogen (secondary N) is 1. The first-order chi connectivity index (χ1) is 9.81. The number of nitriles is 1. The maximum Gasteiger partial charge on any atom is 0.231 e. The third kappa shape index (κ3) is 2.26. The molecular formula is C15H12N2O2S. The predicted molar refractivity (Wildman–Crippen MR) is 78.8 cm³/mol. The first kappa shape index (κ1) is 12.7. The number of fused-ring (bicyclic) bond motifs is 1. The van der Waals surface area contributed by atoms with E-state index in [1.54, 1.807) is 11.8 Å². The van der Waals surface area contributed by atoms with Gasteiger partial charge in [-0.25, -0.2) is 0 Å². The number of anilines is 2. The van der Waals surface area contributed by atoms with Crippen LogP contribution in [0.5, 0.6) is 11.5 Å². The van der Waals surface area contributed by atoms with E-state index in [1.165, 1.54) is 0 Å². The highest BCUT2D eigenvalue weighted by atomic mass is 32.2. The lowest BCUT2D eigenvalue weighted by Crippen LogP contribution is -1.95. The number of thioether (sulfide) groups is 1. The molecule has 0 amide bonds. The van der Waals surface area contributed by atoms with E-state index in [0.29, 0.717) is 5.56 Å². The third-order valence-corrected chi connectivity index (χ3v) is 3.79. The molecule has 0 aromatic heterocycles. The molecular weight excluding hydrogens is 272 g/mol. The lowest BCUT2D eigenvalue weighted by atomic mass is 10.2. The molecule has 1 N–H and O–H groups in total. The molecule has 0 fully saturated rings. The third-order valence-electron chi connectivity index (χ3n) is 3.01. The van der Waals surface area contributed by atoms with Gasteiger partial charge in [-0.3, -0.25) is 0 Å². The van der Waals surface area contributed by atoms with Gasteiger partial charge in [-0.05, 0) is 30.5 Å². The van der Waals surface area contributed by atoms with E-state index in [-0.39, 0.29) is 6.79 Å². The summed E-state index contributed by atoms with van der Waals surface area (Å²) in [5.74, 6) is 1.46. The van der Waals surface area contributed by atoms with Crippen molar-refractivity contribution >= 4 is 23.1 Å². The van der Waals surface area contributed by atoms with E-state index < -0.39 is 0 Å². The Labute approximate surface area is 121 Å². The second-order valence-corrected chi connectivity index (χ2v) is 5.04. The fraction of sp³-hybridized carbons (Fsp3) is 0.133. The molecule has 0 saturated heterocycles. The van der Waals surface area contributed by atoms with Gasteiger partial charge in [0.25, 0.3) is 0 Å².